The molecule has 0 saturated carbocycles. The number of primary amides is 1. The molecule has 0 unspecified atom stereocenters. The first-order valence-electron chi connectivity index (χ1n) is 3.65. The van der Waals surface area contributed by atoms with Gasteiger partial charge in [0.25, 0.3) is 5.56 Å². The molecule has 1 aromatic rings. The predicted molar refractivity (Wildman–Crippen MR) is 47.2 cm³/mol. The lowest BCUT2D eigenvalue weighted by Crippen LogP contribution is -2.27. The molecule has 1 amide bonds. The van der Waals surface area contributed by atoms with Gasteiger partial charge < -0.3 is 15.6 Å². The van der Waals surface area contributed by atoms with Crippen LogP contribution in [0.25, 0.3) is 0 Å². The first-order valence-corrected chi connectivity index (χ1v) is 3.65. The van der Waals surface area contributed by atoms with Crippen LogP contribution in [0.4, 0.5) is 5.82 Å². The second kappa shape index (κ2) is 3.70. The highest BCUT2D eigenvalue weighted by Gasteiger charge is 2.01. The topological polar surface area (TPSA) is 90.0 Å². The molecule has 13 heavy (non-hydrogen) atoms. The number of nitrogens with one attached hydrogen (secondary N) is 1. The van der Waals surface area contributed by atoms with Gasteiger partial charge in [0.2, 0.25) is 5.91 Å². The normalized spacial score (nSPS) is 9.62. The van der Waals surface area contributed by atoms with E-state index in [4.69, 9.17) is 5.73 Å². The van der Waals surface area contributed by atoms with E-state index in [1.54, 1.807) is 7.05 Å². The number of nitrogens with two attached hydrogens (primary N) is 1. The summed E-state index contributed by atoms with van der Waals surface area (Å²) in [6, 6.07) is 0. The maximum absolute atomic E-state index is 11.3. The molecule has 0 aliphatic rings. The van der Waals surface area contributed by atoms with Gasteiger partial charge in [0.1, 0.15) is 0 Å². The van der Waals surface area contributed by atoms with Crippen LogP contribution in [0.5, 0.6) is 0 Å². The molecule has 0 atom stereocenters. The Hall–Kier alpha value is -1.85. The average molecular weight is 182 g/mol. The summed E-state index contributed by atoms with van der Waals surface area (Å²) in [6.07, 6.45) is 2.99. The quantitative estimate of drug-likeness (QED) is 0.606. The van der Waals surface area contributed by atoms with Crippen molar-refractivity contribution in [3.63, 3.8) is 0 Å². The van der Waals surface area contributed by atoms with E-state index in [9.17, 15) is 9.59 Å². The molecule has 70 valence electrons. The number of anilines is 1. The first kappa shape index (κ1) is 9.24. The Morgan fingerprint density at radius 1 is 1.77 bits per heavy atom. The molecular weight excluding hydrogens is 172 g/mol. The molecule has 6 nitrogen and oxygen atoms in total. The molecule has 0 aromatic carbocycles. The summed E-state index contributed by atoms with van der Waals surface area (Å²) < 4.78 is 1.36. The van der Waals surface area contributed by atoms with Crippen molar-refractivity contribution in [1.82, 2.24) is 9.55 Å². The van der Waals surface area contributed by atoms with E-state index in [0.29, 0.717) is 0 Å². The van der Waals surface area contributed by atoms with Crippen molar-refractivity contribution in [3.05, 3.63) is 22.7 Å². The maximum Gasteiger partial charge on any atom is 0.293 e. The number of amides is 1. The Morgan fingerprint density at radius 2 is 2.46 bits per heavy atom. The second-order valence-corrected chi connectivity index (χ2v) is 2.51. The van der Waals surface area contributed by atoms with E-state index in [0.717, 1.165) is 0 Å². The standard InChI is InChI=1S/C7H10N4O2/c1-11-3-2-9-6(7(11)13)10-4-5(8)12/h2-3H,4H2,1H3,(H2,8,12)(H,9,10). The van der Waals surface area contributed by atoms with Gasteiger partial charge in [-0.05, 0) is 0 Å². The summed E-state index contributed by atoms with van der Waals surface area (Å²) in [5.41, 5.74) is 4.60. The van der Waals surface area contributed by atoms with E-state index in [2.05, 4.69) is 10.3 Å². The zero-order valence-electron chi connectivity index (χ0n) is 7.15. The molecule has 3 N–H and O–H groups in total. The fourth-order valence-corrected chi connectivity index (χ4v) is 0.790. The number of aromatic nitrogens is 2. The van der Waals surface area contributed by atoms with Gasteiger partial charge in [-0.15, -0.1) is 0 Å². The van der Waals surface area contributed by atoms with Crippen LogP contribution in [-0.2, 0) is 11.8 Å². The van der Waals surface area contributed by atoms with Crippen LogP contribution in [0.1, 0.15) is 0 Å². The smallest absolute Gasteiger partial charge is 0.293 e. The molecule has 0 saturated heterocycles. The Bertz CT molecular complexity index is 371. The average Bonchev–Trinajstić information content (AvgIpc) is 2.07. The van der Waals surface area contributed by atoms with Crippen molar-refractivity contribution in [2.24, 2.45) is 12.8 Å². The third-order valence-corrected chi connectivity index (χ3v) is 1.45. The minimum absolute atomic E-state index is 0.0910. The van der Waals surface area contributed by atoms with Crippen molar-refractivity contribution in [1.29, 1.82) is 0 Å². The lowest BCUT2D eigenvalue weighted by atomic mass is 10.5. The largest absolute Gasteiger partial charge is 0.368 e. The van der Waals surface area contributed by atoms with E-state index < -0.39 is 5.91 Å². The summed E-state index contributed by atoms with van der Waals surface area (Å²) in [6.45, 7) is -0.0910. The Labute approximate surface area is 74.4 Å². The van der Waals surface area contributed by atoms with Gasteiger partial charge in [-0.1, -0.05) is 0 Å². The van der Waals surface area contributed by atoms with Crippen molar-refractivity contribution in [3.8, 4) is 0 Å². The Balaban J connectivity index is 2.84. The highest BCUT2D eigenvalue weighted by molar-refractivity contribution is 5.78. The van der Waals surface area contributed by atoms with Crippen LogP contribution in [0.2, 0.25) is 0 Å². The third-order valence-electron chi connectivity index (χ3n) is 1.45. The van der Waals surface area contributed by atoms with Crippen LogP contribution >= 0.6 is 0 Å². The zero-order valence-corrected chi connectivity index (χ0v) is 7.15. The van der Waals surface area contributed by atoms with Crippen LogP contribution < -0.4 is 16.6 Å². The minimum atomic E-state index is -0.535. The number of rotatable bonds is 3. The number of hydrogen-bond acceptors (Lipinski definition) is 4. The molecule has 0 radical (unpaired) electrons. The lowest BCUT2D eigenvalue weighted by Gasteiger charge is -2.02. The molecule has 0 aliphatic heterocycles. The predicted octanol–water partition coefficient (Wildman–Crippen LogP) is -1.32. The first-order chi connectivity index (χ1) is 6.11. The molecule has 0 spiro atoms. The summed E-state index contributed by atoms with van der Waals surface area (Å²) in [7, 11) is 1.60. The summed E-state index contributed by atoms with van der Waals surface area (Å²) in [5.74, 6) is -0.406. The highest BCUT2D eigenvalue weighted by atomic mass is 16.1. The van der Waals surface area contributed by atoms with E-state index in [1.165, 1.54) is 17.0 Å². The van der Waals surface area contributed by atoms with E-state index >= 15 is 0 Å². The van der Waals surface area contributed by atoms with E-state index in [-0.39, 0.29) is 17.9 Å². The van der Waals surface area contributed by atoms with Crippen LogP contribution in [0, 0.1) is 0 Å². The molecular formula is C7H10N4O2. The summed E-state index contributed by atoms with van der Waals surface area (Å²) in [4.78, 5) is 25.4. The summed E-state index contributed by atoms with van der Waals surface area (Å²) >= 11 is 0. The van der Waals surface area contributed by atoms with Crippen molar-refractivity contribution < 1.29 is 4.79 Å². The number of carbonyl (C=O) groups is 1. The van der Waals surface area contributed by atoms with Gasteiger partial charge in [-0.25, -0.2) is 4.98 Å². The molecule has 0 aliphatic carbocycles. The number of nitrogens with zero attached hydrogens (tertiary/aromatic N) is 2. The highest BCUT2D eigenvalue weighted by Crippen LogP contribution is 1.89. The molecule has 6 heteroatoms. The van der Waals surface area contributed by atoms with Gasteiger partial charge in [0.05, 0.1) is 6.54 Å². The molecule has 1 heterocycles. The molecule has 1 rings (SSSR count). The van der Waals surface area contributed by atoms with Crippen LogP contribution in [0.3, 0.4) is 0 Å². The van der Waals surface area contributed by atoms with Crippen LogP contribution in [0.15, 0.2) is 17.2 Å². The Kier molecular flexibility index (Phi) is 2.63. The monoisotopic (exact) mass is 182 g/mol. The fourth-order valence-electron chi connectivity index (χ4n) is 0.790. The summed E-state index contributed by atoms with van der Waals surface area (Å²) in [5, 5.41) is 2.53. The third kappa shape index (κ3) is 2.29. The van der Waals surface area contributed by atoms with Gasteiger partial charge in [0, 0.05) is 19.4 Å². The van der Waals surface area contributed by atoms with Crippen molar-refractivity contribution in [2.75, 3.05) is 11.9 Å². The molecule has 0 fully saturated rings. The van der Waals surface area contributed by atoms with Gasteiger partial charge in [0.15, 0.2) is 5.82 Å². The second-order valence-electron chi connectivity index (χ2n) is 2.51. The minimum Gasteiger partial charge on any atom is -0.368 e. The van der Waals surface area contributed by atoms with E-state index in [1.807, 2.05) is 0 Å². The SMILES string of the molecule is Cn1ccnc(NCC(N)=O)c1=O. The Morgan fingerprint density at radius 3 is 3.08 bits per heavy atom. The number of hydrogen-bond donors (Lipinski definition) is 2. The van der Waals surface area contributed by atoms with Crippen LogP contribution in [-0.4, -0.2) is 22.0 Å². The lowest BCUT2D eigenvalue weighted by molar-refractivity contribution is -0.116. The zero-order chi connectivity index (χ0) is 9.84. The van der Waals surface area contributed by atoms with Gasteiger partial charge in [-0.2, -0.15) is 0 Å². The fraction of sp³-hybridized carbons (Fsp3) is 0.286. The van der Waals surface area contributed by atoms with Crippen molar-refractivity contribution >= 4 is 11.7 Å². The number of carbonyl (C=O) groups excluding carboxylic acids is 1. The van der Waals surface area contributed by atoms with Gasteiger partial charge in [-0.3, -0.25) is 9.59 Å². The number of aryl methyl sites for hydroxylation is 1. The van der Waals surface area contributed by atoms with Crippen molar-refractivity contribution in [2.45, 2.75) is 0 Å². The molecule has 0 bridgehead atoms. The molecule has 1 aromatic heterocycles. The van der Waals surface area contributed by atoms with Gasteiger partial charge >= 0.3 is 0 Å². The maximum atomic E-state index is 11.3.